The van der Waals surface area contributed by atoms with Crippen LogP contribution in [0.15, 0.2) is 9.85 Å². The molecule has 1 aromatic heterocycles. The van der Waals surface area contributed by atoms with Gasteiger partial charge in [0.15, 0.2) is 0 Å². The predicted octanol–water partition coefficient (Wildman–Crippen LogP) is 3.97. The van der Waals surface area contributed by atoms with Crippen LogP contribution >= 0.6 is 43.2 Å². The molecule has 0 spiro atoms. The first-order chi connectivity index (χ1) is 7.54. The van der Waals surface area contributed by atoms with Crippen LogP contribution in [0, 0.1) is 12.8 Å². The van der Waals surface area contributed by atoms with Crippen molar-refractivity contribution in [1.82, 2.24) is 5.32 Å². The van der Waals surface area contributed by atoms with E-state index >= 15 is 0 Å². The SMILES string of the molecule is Cc1cc(C(=O)NCC(C)CCBr)sc1Br. The highest BCUT2D eigenvalue weighted by atomic mass is 79.9. The van der Waals surface area contributed by atoms with Crippen molar-refractivity contribution in [2.24, 2.45) is 5.92 Å². The fraction of sp³-hybridized carbons (Fsp3) is 0.545. The molecule has 1 aromatic rings. The molecule has 1 atom stereocenters. The molecular weight excluding hydrogens is 354 g/mol. The molecule has 1 rings (SSSR count). The lowest BCUT2D eigenvalue weighted by molar-refractivity contribution is 0.0952. The molecule has 0 aliphatic rings. The first-order valence-electron chi connectivity index (χ1n) is 5.14. The summed E-state index contributed by atoms with van der Waals surface area (Å²) in [6, 6.07) is 1.92. The molecule has 1 amide bonds. The molecule has 0 radical (unpaired) electrons. The lowest BCUT2D eigenvalue weighted by atomic mass is 10.1. The Morgan fingerprint density at radius 2 is 2.31 bits per heavy atom. The Morgan fingerprint density at radius 3 is 2.81 bits per heavy atom. The summed E-state index contributed by atoms with van der Waals surface area (Å²) in [6.45, 7) is 4.86. The standard InChI is InChI=1S/C11H15Br2NOS/c1-7(3-4-12)6-14-11(15)9-5-8(2)10(13)16-9/h5,7H,3-4,6H2,1-2H3,(H,14,15). The van der Waals surface area contributed by atoms with Gasteiger partial charge < -0.3 is 5.32 Å². The molecule has 0 bridgehead atoms. The van der Waals surface area contributed by atoms with Crippen LogP contribution in [-0.2, 0) is 0 Å². The Morgan fingerprint density at radius 1 is 1.62 bits per heavy atom. The van der Waals surface area contributed by atoms with Crippen LogP contribution in [0.5, 0.6) is 0 Å². The number of hydrogen-bond acceptors (Lipinski definition) is 2. The zero-order chi connectivity index (χ0) is 12.1. The minimum atomic E-state index is 0.0280. The van der Waals surface area contributed by atoms with Crippen LogP contribution in [0.2, 0.25) is 0 Å². The summed E-state index contributed by atoms with van der Waals surface area (Å²) in [4.78, 5) is 12.6. The highest BCUT2D eigenvalue weighted by Gasteiger charge is 2.11. The van der Waals surface area contributed by atoms with Gasteiger partial charge in [-0.3, -0.25) is 4.79 Å². The summed E-state index contributed by atoms with van der Waals surface area (Å²) in [5, 5.41) is 3.93. The molecule has 1 unspecified atom stereocenters. The number of rotatable bonds is 5. The van der Waals surface area contributed by atoms with Gasteiger partial charge in [0.1, 0.15) is 0 Å². The van der Waals surface area contributed by atoms with Crippen LogP contribution in [0.25, 0.3) is 0 Å². The Bertz CT molecular complexity index is 345. The number of carbonyl (C=O) groups is 1. The van der Waals surface area contributed by atoms with Gasteiger partial charge in [-0.15, -0.1) is 11.3 Å². The van der Waals surface area contributed by atoms with Crippen molar-refractivity contribution >= 4 is 49.1 Å². The zero-order valence-electron chi connectivity index (χ0n) is 9.35. The molecule has 0 saturated heterocycles. The van der Waals surface area contributed by atoms with Gasteiger partial charge in [0.05, 0.1) is 8.66 Å². The topological polar surface area (TPSA) is 29.1 Å². The molecular formula is C11H15Br2NOS. The van der Waals surface area contributed by atoms with Crippen molar-refractivity contribution in [3.63, 3.8) is 0 Å². The Hall–Kier alpha value is 0.130. The van der Waals surface area contributed by atoms with E-state index in [0.717, 1.165) is 32.5 Å². The van der Waals surface area contributed by atoms with Crippen molar-refractivity contribution in [3.05, 3.63) is 20.3 Å². The van der Waals surface area contributed by atoms with E-state index in [0.29, 0.717) is 5.92 Å². The van der Waals surface area contributed by atoms with Crippen molar-refractivity contribution in [2.75, 3.05) is 11.9 Å². The maximum absolute atomic E-state index is 11.8. The summed E-state index contributed by atoms with van der Waals surface area (Å²) in [7, 11) is 0. The van der Waals surface area contributed by atoms with E-state index in [4.69, 9.17) is 0 Å². The van der Waals surface area contributed by atoms with E-state index < -0.39 is 0 Å². The second-order valence-corrected chi connectivity index (χ2v) is 7.02. The molecule has 16 heavy (non-hydrogen) atoms. The van der Waals surface area contributed by atoms with Crippen molar-refractivity contribution in [3.8, 4) is 0 Å². The Labute approximate surface area is 117 Å². The monoisotopic (exact) mass is 367 g/mol. The third-order valence-corrected chi connectivity index (χ3v) is 4.89. The molecule has 2 nitrogen and oxygen atoms in total. The van der Waals surface area contributed by atoms with Gasteiger partial charge in [-0.25, -0.2) is 0 Å². The van der Waals surface area contributed by atoms with Gasteiger partial charge in [0.25, 0.3) is 5.91 Å². The first kappa shape index (κ1) is 14.2. The summed E-state index contributed by atoms with van der Waals surface area (Å²) in [5.41, 5.74) is 1.11. The molecule has 0 aliphatic heterocycles. The molecule has 0 fully saturated rings. The number of amides is 1. The van der Waals surface area contributed by atoms with Gasteiger partial charge in [-0.2, -0.15) is 0 Å². The number of halogens is 2. The third kappa shape index (κ3) is 4.18. The fourth-order valence-corrected chi connectivity index (χ4v) is 3.45. The highest BCUT2D eigenvalue weighted by molar-refractivity contribution is 9.11. The number of hydrogen-bond donors (Lipinski definition) is 1. The highest BCUT2D eigenvalue weighted by Crippen LogP contribution is 2.27. The Kier molecular flexibility index (Phi) is 6.00. The largest absolute Gasteiger partial charge is 0.351 e. The van der Waals surface area contributed by atoms with E-state index in [9.17, 15) is 4.79 Å². The van der Waals surface area contributed by atoms with Gasteiger partial charge in [-0.1, -0.05) is 22.9 Å². The fourth-order valence-electron chi connectivity index (χ4n) is 1.21. The number of thiophene rings is 1. The maximum Gasteiger partial charge on any atom is 0.261 e. The Balaban J connectivity index is 2.46. The van der Waals surface area contributed by atoms with E-state index in [1.807, 2.05) is 13.0 Å². The van der Waals surface area contributed by atoms with Crippen LogP contribution in [0.4, 0.5) is 0 Å². The van der Waals surface area contributed by atoms with Crippen LogP contribution in [0.1, 0.15) is 28.6 Å². The van der Waals surface area contributed by atoms with Gasteiger partial charge >= 0.3 is 0 Å². The normalized spacial score (nSPS) is 12.5. The minimum Gasteiger partial charge on any atom is -0.351 e. The molecule has 1 heterocycles. The van der Waals surface area contributed by atoms with E-state index in [1.165, 1.54) is 11.3 Å². The van der Waals surface area contributed by atoms with Crippen molar-refractivity contribution in [1.29, 1.82) is 0 Å². The summed E-state index contributed by atoms with van der Waals surface area (Å²) >= 11 is 8.30. The average Bonchev–Trinajstić information content (AvgIpc) is 2.56. The number of aryl methyl sites for hydroxylation is 1. The zero-order valence-corrected chi connectivity index (χ0v) is 13.3. The summed E-state index contributed by atoms with van der Waals surface area (Å²) in [5.74, 6) is 0.535. The van der Waals surface area contributed by atoms with E-state index in [1.54, 1.807) is 0 Å². The summed E-state index contributed by atoms with van der Waals surface area (Å²) < 4.78 is 1.03. The smallest absolute Gasteiger partial charge is 0.261 e. The second-order valence-electron chi connectivity index (χ2n) is 3.86. The molecule has 0 aliphatic carbocycles. The predicted molar refractivity (Wildman–Crippen MR) is 76.7 cm³/mol. The lowest BCUT2D eigenvalue weighted by Gasteiger charge is -2.09. The second kappa shape index (κ2) is 6.77. The molecule has 1 N–H and O–H groups in total. The first-order valence-corrected chi connectivity index (χ1v) is 7.87. The molecule has 0 saturated carbocycles. The van der Waals surface area contributed by atoms with Crippen LogP contribution in [-0.4, -0.2) is 17.8 Å². The number of alkyl halides is 1. The maximum atomic E-state index is 11.8. The molecule has 5 heteroatoms. The molecule has 0 aromatic carbocycles. The van der Waals surface area contributed by atoms with Crippen LogP contribution < -0.4 is 5.32 Å². The number of nitrogens with one attached hydrogen (secondary N) is 1. The van der Waals surface area contributed by atoms with Gasteiger partial charge in [-0.05, 0) is 46.8 Å². The van der Waals surface area contributed by atoms with Crippen LogP contribution in [0.3, 0.4) is 0 Å². The summed E-state index contributed by atoms with van der Waals surface area (Å²) in [6.07, 6.45) is 1.08. The quantitative estimate of drug-likeness (QED) is 0.782. The van der Waals surface area contributed by atoms with Crippen molar-refractivity contribution < 1.29 is 4.79 Å². The minimum absolute atomic E-state index is 0.0280. The lowest BCUT2D eigenvalue weighted by Crippen LogP contribution is -2.27. The number of carbonyl (C=O) groups excluding carboxylic acids is 1. The van der Waals surface area contributed by atoms with Crippen molar-refractivity contribution in [2.45, 2.75) is 20.3 Å². The van der Waals surface area contributed by atoms with Gasteiger partial charge in [0.2, 0.25) is 0 Å². The van der Waals surface area contributed by atoms with Gasteiger partial charge in [0, 0.05) is 11.9 Å². The molecule has 90 valence electrons. The van der Waals surface area contributed by atoms with E-state index in [2.05, 4.69) is 44.1 Å². The average molecular weight is 369 g/mol. The third-order valence-electron chi connectivity index (χ3n) is 2.29. The van der Waals surface area contributed by atoms with E-state index in [-0.39, 0.29) is 5.91 Å².